The maximum absolute atomic E-state index is 6.63. The fraction of sp³-hybridized carbons (Fsp3) is 0.0194. The molecule has 0 radical (unpaired) electrons. The summed E-state index contributed by atoms with van der Waals surface area (Å²) in [5.41, 5.74) is 27.6. The third kappa shape index (κ3) is 8.41. The van der Waals surface area contributed by atoms with Crippen molar-refractivity contribution in [2.75, 3.05) is 0 Å². The van der Waals surface area contributed by atoms with Crippen LogP contribution in [-0.2, 0) is 10.8 Å². The normalized spacial score (nSPS) is 14.7. The maximum atomic E-state index is 6.63. The van der Waals surface area contributed by atoms with E-state index in [0.717, 1.165) is 99.1 Å². The summed E-state index contributed by atoms with van der Waals surface area (Å²) in [6, 6.07) is 133. The Bertz CT molecular complexity index is 7610. The fourth-order valence-electron chi connectivity index (χ4n) is 19.9. The topological polar surface area (TPSA) is 61.7 Å². The molecule has 0 fully saturated rings. The molecule has 1 unspecified atom stereocenters. The quantitative estimate of drug-likeness (QED) is 0.165. The van der Waals surface area contributed by atoms with Crippen LogP contribution in [0.4, 0.5) is 0 Å². The second-order valence-electron chi connectivity index (χ2n) is 29.9. The van der Waals surface area contributed by atoms with Gasteiger partial charge in [-0.05, 0) is 154 Å². The molecule has 0 saturated carbocycles. The van der Waals surface area contributed by atoms with E-state index in [-0.39, 0.29) is 0 Å². The zero-order valence-corrected chi connectivity index (χ0v) is 61.2. The van der Waals surface area contributed by atoms with Gasteiger partial charge in [-0.2, -0.15) is 9.97 Å². The molecule has 514 valence electrons. The molecule has 8 heteroatoms. The van der Waals surface area contributed by atoms with Gasteiger partial charge in [0.1, 0.15) is 11.2 Å². The summed E-state index contributed by atoms with van der Waals surface area (Å²) in [5.74, 6) is 1.71. The van der Waals surface area contributed by atoms with Crippen LogP contribution in [0.25, 0.3) is 166 Å². The van der Waals surface area contributed by atoms with Gasteiger partial charge in [-0.1, -0.05) is 321 Å². The van der Waals surface area contributed by atoms with E-state index in [1.165, 1.54) is 113 Å². The smallest absolute Gasteiger partial charge is 0.238 e. The van der Waals surface area contributed by atoms with Gasteiger partial charge in [-0.3, -0.25) is 4.57 Å². The highest BCUT2D eigenvalue weighted by atomic mass is 32.2. The van der Waals surface area contributed by atoms with Crippen LogP contribution in [0.1, 0.15) is 44.5 Å². The molecule has 6 nitrogen and oxygen atoms in total. The minimum absolute atomic E-state index is 0.545. The van der Waals surface area contributed by atoms with Crippen molar-refractivity contribution in [3.63, 3.8) is 0 Å². The van der Waals surface area contributed by atoms with Crippen LogP contribution in [0.15, 0.2) is 382 Å². The number of rotatable bonds is 6. The third-order valence-electron chi connectivity index (χ3n) is 24.5. The molecule has 0 bridgehead atoms. The molecule has 2 aliphatic heterocycles. The molecule has 111 heavy (non-hydrogen) atoms. The Hall–Kier alpha value is -13.6. The van der Waals surface area contributed by atoms with Crippen LogP contribution in [-0.4, -0.2) is 24.1 Å². The lowest BCUT2D eigenvalue weighted by Crippen LogP contribution is -2.32. The number of furan rings is 1. The Kier molecular flexibility index (Phi) is 12.7. The first kappa shape index (κ1) is 61.4. The van der Waals surface area contributed by atoms with Gasteiger partial charge in [0.2, 0.25) is 5.95 Å². The number of fused-ring (bicyclic) bond motifs is 31. The molecule has 0 saturated heterocycles. The van der Waals surface area contributed by atoms with Crippen molar-refractivity contribution in [1.29, 1.82) is 0 Å². The predicted octanol–water partition coefficient (Wildman–Crippen LogP) is 26.6. The zero-order chi connectivity index (χ0) is 72.4. The second-order valence-corrected chi connectivity index (χ2v) is 32.1. The Morgan fingerprint density at radius 1 is 0.252 bits per heavy atom. The predicted molar refractivity (Wildman–Crippen MR) is 455 cm³/mol. The molecular weight excluding hydrogens is 1390 g/mol. The van der Waals surface area contributed by atoms with Crippen molar-refractivity contribution in [2.24, 2.45) is 0 Å². The summed E-state index contributed by atoms with van der Waals surface area (Å²) in [5, 5.41) is 11.6. The van der Waals surface area contributed by atoms with Gasteiger partial charge in [0.15, 0.2) is 11.6 Å². The van der Waals surface area contributed by atoms with Gasteiger partial charge < -0.3 is 8.98 Å². The summed E-state index contributed by atoms with van der Waals surface area (Å²) in [4.78, 5) is 21.8. The first-order valence-electron chi connectivity index (χ1n) is 37.9. The van der Waals surface area contributed by atoms with Crippen LogP contribution in [0.3, 0.4) is 0 Å². The molecule has 0 N–H and O–H groups in total. The van der Waals surface area contributed by atoms with E-state index in [9.17, 15) is 0 Å². The van der Waals surface area contributed by atoms with Crippen molar-refractivity contribution < 1.29 is 4.42 Å². The highest BCUT2D eigenvalue weighted by Crippen LogP contribution is 2.66. The van der Waals surface area contributed by atoms with E-state index in [1.807, 2.05) is 29.6 Å². The average molecular weight is 1450 g/mol. The number of nitrogens with zero attached hydrogens (tertiary/aromatic N) is 5. The summed E-state index contributed by atoms with van der Waals surface area (Å²) >= 11 is 3.74. The Morgan fingerprint density at radius 2 is 0.694 bits per heavy atom. The minimum atomic E-state index is -0.669. The van der Waals surface area contributed by atoms with Crippen LogP contribution in [0.5, 0.6) is 0 Å². The number of hydrogen-bond donors (Lipinski definition) is 0. The van der Waals surface area contributed by atoms with Crippen molar-refractivity contribution in [3.8, 4) is 78.9 Å². The fourth-order valence-corrected chi connectivity index (χ4v) is 22.3. The maximum Gasteiger partial charge on any atom is 0.238 e. The molecule has 0 amide bonds. The van der Waals surface area contributed by atoms with Crippen LogP contribution in [0, 0.1) is 0 Å². The van der Waals surface area contributed by atoms with E-state index >= 15 is 0 Å². The van der Waals surface area contributed by atoms with Crippen LogP contribution in [0.2, 0.25) is 0 Å². The lowest BCUT2D eigenvalue weighted by Gasteiger charge is -2.40. The van der Waals surface area contributed by atoms with Crippen LogP contribution < -0.4 is 0 Å². The lowest BCUT2D eigenvalue weighted by atomic mass is 9.67. The summed E-state index contributed by atoms with van der Waals surface area (Å²) in [6.45, 7) is 0. The zero-order valence-electron chi connectivity index (χ0n) is 59.5. The summed E-state index contributed by atoms with van der Waals surface area (Å²) in [6.07, 6.45) is 0. The molecule has 2 aliphatic carbocycles. The molecule has 21 aromatic rings. The van der Waals surface area contributed by atoms with E-state index in [4.69, 9.17) is 19.4 Å². The van der Waals surface area contributed by atoms with Crippen LogP contribution >= 0.6 is 23.5 Å². The Labute approximate surface area is 646 Å². The van der Waals surface area contributed by atoms with Crippen molar-refractivity contribution in [3.05, 3.63) is 402 Å². The third-order valence-corrected chi connectivity index (χ3v) is 26.8. The van der Waals surface area contributed by atoms with Gasteiger partial charge in [0.05, 0.1) is 32.9 Å². The first-order chi connectivity index (χ1) is 55.0. The molecule has 25 rings (SSSR count). The number of aromatic nitrogens is 5. The monoisotopic (exact) mass is 1450 g/mol. The number of benzene rings is 17. The molecular formula is C103H59N5OS2. The average Bonchev–Trinajstić information content (AvgIpc) is 1.53. The largest absolute Gasteiger partial charge is 0.456 e. The first-order valence-corrected chi connectivity index (χ1v) is 39.6. The standard InChI is InChI=1S/C103H59N5OS2/c1-2-21-60(22-3-1)61-41-45-65(46-42-61)99-104-100(106-101(105-99)108-89-59-95-86(57-79(89)76-53-50-63-24-5-7-26-70(63)98(76)108)102(83-35-15-18-39-92(83)110-95)80-32-12-8-27-71(80)72-28-9-13-33-81(72)102)66-47-43-64(44-48-66)68-31-20-37-85-96(68)77-30-10-14-34-82(77)103(85)84-36-16-19-40-93(84)111-94-58-88-78(56-87(94)103)75-52-49-62-23-4-6-25-69(62)97(75)107(88)67-51-54-74-73-29-11-17-38-90(73)109-91(74)55-67/h1-59H. The van der Waals surface area contributed by atoms with Crippen molar-refractivity contribution >= 4 is 111 Å². The SMILES string of the molecule is c1ccc(-c2ccc(-c3nc(-c4ccc(-c5cccc6c5-c5ccccc5C65c6ccccc6Sc6cc7c(cc65)c5ccc6ccccc6c5n7-c5ccc6c(c5)oc5ccccc56)cc4)nc(-n4c5cc6c(cc5c5ccc7ccccc7c54)C4(c5ccccc5S6)c5ccccc5-c5ccccc54)n3)cc2)cc1. The lowest BCUT2D eigenvalue weighted by molar-refractivity contribution is 0.668. The van der Waals surface area contributed by atoms with Gasteiger partial charge in [0.25, 0.3) is 0 Å². The summed E-state index contributed by atoms with van der Waals surface area (Å²) in [7, 11) is 0. The number of para-hydroxylation sites is 1. The molecule has 17 aromatic carbocycles. The van der Waals surface area contributed by atoms with Gasteiger partial charge in [-0.25, -0.2) is 4.98 Å². The molecule has 4 aliphatic rings. The van der Waals surface area contributed by atoms with Gasteiger partial charge in [0, 0.05) is 85.6 Å². The van der Waals surface area contributed by atoms with Crippen molar-refractivity contribution in [2.45, 2.75) is 30.4 Å². The summed E-state index contributed by atoms with van der Waals surface area (Å²) < 4.78 is 11.5. The van der Waals surface area contributed by atoms with Gasteiger partial charge >= 0.3 is 0 Å². The Balaban J connectivity index is 0.679. The minimum Gasteiger partial charge on any atom is -0.456 e. The molecule has 4 aromatic heterocycles. The highest BCUT2D eigenvalue weighted by molar-refractivity contribution is 7.99. The van der Waals surface area contributed by atoms with E-state index in [2.05, 4.69) is 361 Å². The van der Waals surface area contributed by atoms with Gasteiger partial charge in [-0.15, -0.1) is 0 Å². The molecule has 2 spiro atoms. The van der Waals surface area contributed by atoms with E-state index in [0.29, 0.717) is 17.6 Å². The second kappa shape index (κ2) is 23.0. The Morgan fingerprint density at radius 3 is 1.32 bits per heavy atom. The molecule has 1 atom stereocenters. The van der Waals surface area contributed by atoms with Crippen molar-refractivity contribution in [1.82, 2.24) is 24.1 Å². The highest BCUT2D eigenvalue weighted by Gasteiger charge is 2.53. The number of hydrogen-bond acceptors (Lipinski definition) is 6. The van der Waals surface area contributed by atoms with E-state index < -0.39 is 10.8 Å². The van der Waals surface area contributed by atoms with E-state index in [1.54, 1.807) is 0 Å². The molecule has 6 heterocycles.